The Labute approximate surface area is 331 Å². The van der Waals surface area contributed by atoms with Crippen LogP contribution < -0.4 is 14.5 Å². The van der Waals surface area contributed by atoms with Crippen LogP contribution in [0.1, 0.15) is 0 Å². The average molecular weight is 752 g/mol. The van der Waals surface area contributed by atoms with Gasteiger partial charge in [0.2, 0.25) is 0 Å². The first-order valence-corrected chi connectivity index (χ1v) is 22.3. The van der Waals surface area contributed by atoms with Gasteiger partial charge in [-0.2, -0.15) is 0 Å². The third-order valence-corrected chi connectivity index (χ3v) is 14.7. The summed E-state index contributed by atoms with van der Waals surface area (Å²) in [5, 5.41) is 3.73. The standard InChI is InChI=1S/C50H37N5OSi/c1-57(2,38-20-7-4-8-21-38)55-45-27-14-23-41-40-30-29-37(33-47(40)54(48(41)45)50-46(55)28-15-31-51-50)56-36-19-13-18-35(32-36)49-52-42-24-10-12-26-44(42)53(49)43-25-11-9-22-39(43)34-16-5-3-6-17-34/h3-33H,1-2H3. The van der Waals surface area contributed by atoms with Crippen LogP contribution in [0.2, 0.25) is 13.1 Å². The van der Waals surface area contributed by atoms with Crippen LogP contribution in [0.3, 0.4) is 0 Å². The predicted octanol–water partition coefficient (Wildman–Crippen LogP) is 12.2. The predicted molar refractivity (Wildman–Crippen MR) is 236 cm³/mol. The Hall–Kier alpha value is -7.22. The quantitative estimate of drug-likeness (QED) is 0.152. The van der Waals surface area contributed by atoms with Gasteiger partial charge >= 0.3 is 0 Å². The highest BCUT2D eigenvalue weighted by molar-refractivity contribution is 6.94. The van der Waals surface area contributed by atoms with Crippen molar-refractivity contribution in [1.82, 2.24) is 19.1 Å². The fourth-order valence-electron chi connectivity index (χ4n) is 8.76. The number of benzene rings is 7. The third kappa shape index (κ3) is 5.24. The molecule has 0 spiro atoms. The number of imidazole rings is 1. The molecule has 1 aliphatic heterocycles. The summed E-state index contributed by atoms with van der Waals surface area (Å²) in [5.74, 6) is 3.27. The molecule has 0 aliphatic carbocycles. The van der Waals surface area contributed by atoms with E-state index in [9.17, 15) is 0 Å². The van der Waals surface area contributed by atoms with E-state index in [1.807, 2.05) is 30.5 Å². The van der Waals surface area contributed by atoms with Gasteiger partial charge in [-0.15, -0.1) is 0 Å². The molecule has 7 aromatic carbocycles. The first-order chi connectivity index (χ1) is 28.0. The van der Waals surface area contributed by atoms with E-state index >= 15 is 0 Å². The summed E-state index contributed by atoms with van der Waals surface area (Å²) in [6, 6.07) is 64.0. The summed E-state index contributed by atoms with van der Waals surface area (Å²) in [6.45, 7) is 4.85. The van der Waals surface area contributed by atoms with Crippen molar-refractivity contribution in [3.05, 3.63) is 188 Å². The molecule has 0 atom stereocenters. The number of rotatable bonds is 7. The molecule has 4 heterocycles. The molecule has 3 aromatic heterocycles. The molecule has 1 aliphatic rings. The van der Waals surface area contributed by atoms with Gasteiger partial charge in [-0.1, -0.05) is 115 Å². The normalized spacial score (nSPS) is 12.4. The van der Waals surface area contributed by atoms with Crippen molar-refractivity contribution >= 4 is 57.6 Å². The highest BCUT2D eigenvalue weighted by atomic mass is 28.3. The van der Waals surface area contributed by atoms with Crippen molar-refractivity contribution in [1.29, 1.82) is 0 Å². The molecule has 0 bridgehead atoms. The molecule has 0 amide bonds. The van der Waals surface area contributed by atoms with Crippen LogP contribution in [0.4, 0.5) is 11.4 Å². The topological polar surface area (TPSA) is 48.1 Å². The SMILES string of the molecule is C[Si](C)(c1ccccc1)N1c2cccnc2-n2c3cc(Oc4cccc(-c5nc6ccccc6n5-c5ccccc5-c5ccccc5)c4)ccc3c3cccc1c32. The molecule has 11 rings (SSSR count). The molecule has 57 heavy (non-hydrogen) atoms. The molecule has 0 N–H and O–H groups in total. The second-order valence-corrected chi connectivity index (χ2v) is 19.2. The van der Waals surface area contributed by atoms with E-state index in [2.05, 4.69) is 185 Å². The molecule has 0 fully saturated rings. The van der Waals surface area contributed by atoms with E-state index in [1.54, 1.807) is 0 Å². The first kappa shape index (κ1) is 33.1. The zero-order chi connectivity index (χ0) is 38.1. The minimum Gasteiger partial charge on any atom is -0.457 e. The molecule has 0 radical (unpaired) electrons. The number of para-hydroxylation sites is 4. The lowest BCUT2D eigenvalue weighted by molar-refractivity contribution is 0.483. The van der Waals surface area contributed by atoms with Gasteiger partial charge in [-0.3, -0.25) is 9.13 Å². The molecule has 0 unspecified atom stereocenters. The number of fused-ring (bicyclic) bond motifs is 6. The Morgan fingerprint density at radius 2 is 1.21 bits per heavy atom. The van der Waals surface area contributed by atoms with Crippen molar-refractivity contribution in [2.24, 2.45) is 0 Å². The summed E-state index contributed by atoms with van der Waals surface area (Å²) in [4.78, 5) is 10.3. The largest absolute Gasteiger partial charge is 0.457 e. The van der Waals surface area contributed by atoms with Gasteiger partial charge in [-0.05, 0) is 84.5 Å². The Morgan fingerprint density at radius 1 is 0.509 bits per heavy atom. The third-order valence-electron chi connectivity index (χ3n) is 11.4. The van der Waals surface area contributed by atoms with E-state index in [1.165, 1.54) is 21.8 Å². The Morgan fingerprint density at radius 3 is 2.09 bits per heavy atom. The summed E-state index contributed by atoms with van der Waals surface area (Å²) in [7, 11) is -2.23. The summed E-state index contributed by atoms with van der Waals surface area (Å²) >= 11 is 0. The lowest BCUT2D eigenvalue weighted by Gasteiger charge is -2.42. The smallest absolute Gasteiger partial charge is 0.187 e. The zero-order valence-electron chi connectivity index (χ0n) is 31.5. The maximum absolute atomic E-state index is 6.75. The number of anilines is 2. The van der Waals surface area contributed by atoms with E-state index < -0.39 is 8.24 Å². The van der Waals surface area contributed by atoms with Crippen LogP contribution in [0.5, 0.6) is 11.5 Å². The monoisotopic (exact) mass is 751 g/mol. The minimum atomic E-state index is -2.23. The molecule has 7 heteroatoms. The Bertz CT molecular complexity index is 3150. The molecule has 6 nitrogen and oxygen atoms in total. The van der Waals surface area contributed by atoms with Crippen LogP contribution in [-0.4, -0.2) is 27.3 Å². The molecular weight excluding hydrogens is 715 g/mol. The van der Waals surface area contributed by atoms with Crippen molar-refractivity contribution < 1.29 is 4.74 Å². The highest BCUT2D eigenvalue weighted by Crippen LogP contribution is 2.48. The molecule has 0 saturated carbocycles. The Balaban J connectivity index is 1.03. The number of pyridine rings is 1. The van der Waals surface area contributed by atoms with Crippen molar-refractivity contribution in [2.45, 2.75) is 13.1 Å². The second kappa shape index (κ2) is 12.9. The van der Waals surface area contributed by atoms with E-state index in [0.717, 1.165) is 73.1 Å². The van der Waals surface area contributed by atoms with Gasteiger partial charge in [0.05, 0.1) is 39.1 Å². The van der Waals surface area contributed by atoms with Crippen LogP contribution in [0.15, 0.2) is 188 Å². The number of hydrogen-bond donors (Lipinski definition) is 0. The van der Waals surface area contributed by atoms with Gasteiger partial charge in [0.1, 0.15) is 17.3 Å². The summed E-state index contributed by atoms with van der Waals surface area (Å²) < 4.78 is 13.9. The first-order valence-electron chi connectivity index (χ1n) is 19.3. The average Bonchev–Trinajstić information content (AvgIpc) is 3.81. The molecule has 10 aromatic rings. The van der Waals surface area contributed by atoms with E-state index in [0.29, 0.717) is 0 Å². The van der Waals surface area contributed by atoms with Gasteiger partial charge < -0.3 is 9.30 Å². The van der Waals surface area contributed by atoms with Crippen LogP contribution >= 0.6 is 0 Å². The minimum absolute atomic E-state index is 0.734. The number of ether oxygens (including phenoxy) is 1. The van der Waals surface area contributed by atoms with Crippen molar-refractivity contribution in [2.75, 3.05) is 4.57 Å². The second-order valence-electron chi connectivity index (χ2n) is 15.1. The maximum Gasteiger partial charge on any atom is 0.187 e. The van der Waals surface area contributed by atoms with Gasteiger partial charge in [0.15, 0.2) is 14.1 Å². The van der Waals surface area contributed by atoms with Gasteiger partial charge in [0.25, 0.3) is 0 Å². The lowest BCUT2D eigenvalue weighted by Crippen LogP contribution is -2.56. The summed E-state index contributed by atoms with van der Waals surface area (Å²) in [6.07, 6.45) is 1.90. The van der Waals surface area contributed by atoms with Crippen LogP contribution in [0.25, 0.3) is 66.9 Å². The van der Waals surface area contributed by atoms with Gasteiger partial charge in [0, 0.05) is 34.2 Å². The maximum atomic E-state index is 6.75. The van der Waals surface area contributed by atoms with Crippen LogP contribution in [0, 0.1) is 0 Å². The summed E-state index contributed by atoms with van der Waals surface area (Å²) in [5.41, 5.74) is 10.9. The van der Waals surface area contributed by atoms with Crippen molar-refractivity contribution in [3.8, 4) is 45.5 Å². The van der Waals surface area contributed by atoms with Crippen molar-refractivity contribution in [3.63, 3.8) is 0 Å². The molecule has 0 saturated heterocycles. The van der Waals surface area contributed by atoms with E-state index in [-0.39, 0.29) is 0 Å². The number of hydrogen-bond acceptors (Lipinski definition) is 4. The van der Waals surface area contributed by atoms with Gasteiger partial charge in [-0.25, -0.2) is 9.97 Å². The fraction of sp³-hybridized carbons (Fsp3) is 0.0400. The molecule has 272 valence electrons. The lowest BCUT2D eigenvalue weighted by atomic mass is 10.0. The highest BCUT2D eigenvalue weighted by Gasteiger charge is 2.39. The number of aromatic nitrogens is 4. The van der Waals surface area contributed by atoms with Crippen LogP contribution in [-0.2, 0) is 0 Å². The number of nitrogens with zero attached hydrogens (tertiary/aromatic N) is 5. The molecular formula is C50H37N5OSi. The zero-order valence-corrected chi connectivity index (χ0v) is 32.5. The fourth-order valence-corrected chi connectivity index (χ4v) is 11.6. The van der Waals surface area contributed by atoms with E-state index in [4.69, 9.17) is 14.7 Å². The Kier molecular flexibility index (Phi) is 7.52.